The van der Waals surface area contributed by atoms with Gasteiger partial charge in [-0.25, -0.2) is 9.97 Å². The Morgan fingerprint density at radius 1 is 1.23 bits per heavy atom. The fourth-order valence-electron chi connectivity index (χ4n) is 2.77. The lowest BCUT2D eigenvalue weighted by Gasteiger charge is -2.15. The van der Waals surface area contributed by atoms with Gasteiger partial charge in [0.15, 0.2) is 10.3 Å². The maximum Gasteiger partial charge on any atom is 0.190 e. The van der Waals surface area contributed by atoms with Gasteiger partial charge in [0.2, 0.25) is 0 Å². The predicted octanol–water partition coefficient (Wildman–Crippen LogP) is 4.63. The van der Waals surface area contributed by atoms with Crippen LogP contribution >= 0.6 is 22.7 Å². The fourth-order valence-corrected chi connectivity index (χ4v) is 4.90. The van der Waals surface area contributed by atoms with Crippen LogP contribution in [0.2, 0.25) is 0 Å². The van der Waals surface area contributed by atoms with Gasteiger partial charge >= 0.3 is 0 Å². The van der Waals surface area contributed by atoms with Gasteiger partial charge in [-0.05, 0) is 43.4 Å². The van der Waals surface area contributed by atoms with Crippen molar-refractivity contribution in [2.24, 2.45) is 5.92 Å². The van der Waals surface area contributed by atoms with Gasteiger partial charge in [-0.3, -0.25) is 0 Å². The summed E-state index contributed by atoms with van der Waals surface area (Å²) >= 11 is 3.40. The standard InChI is InChI=1S/C16H17N3OS2/c1-9-3-5-11-13(7-9)21-15(17-11)19-16-18-12-6-4-10(20-2)8-14(12)22-16/h4,6,8-9H,3,5,7H2,1-2H3,(H,17,18,19)/t9-/m1/s1. The van der Waals surface area contributed by atoms with E-state index in [0.29, 0.717) is 0 Å². The second kappa shape index (κ2) is 5.52. The van der Waals surface area contributed by atoms with E-state index in [0.717, 1.165) is 45.0 Å². The summed E-state index contributed by atoms with van der Waals surface area (Å²) in [7, 11) is 1.68. The van der Waals surface area contributed by atoms with Crippen LogP contribution in [0.4, 0.5) is 10.3 Å². The van der Waals surface area contributed by atoms with E-state index >= 15 is 0 Å². The molecule has 1 aliphatic rings. The highest BCUT2D eigenvalue weighted by Crippen LogP contribution is 2.35. The second-order valence-electron chi connectivity index (χ2n) is 5.71. The Balaban J connectivity index is 1.60. The Labute approximate surface area is 137 Å². The third kappa shape index (κ3) is 2.57. The largest absolute Gasteiger partial charge is 0.497 e. The van der Waals surface area contributed by atoms with Crippen LogP contribution in [-0.2, 0) is 12.8 Å². The predicted molar refractivity (Wildman–Crippen MR) is 92.8 cm³/mol. The quantitative estimate of drug-likeness (QED) is 0.760. The summed E-state index contributed by atoms with van der Waals surface area (Å²) in [6.45, 7) is 2.32. The molecule has 4 rings (SSSR count). The van der Waals surface area contributed by atoms with Crippen LogP contribution < -0.4 is 10.1 Å². The number of hydrogen-bond donors (Lipinski definition) is 1. The number of methoxy groups -OCH3 is 1. The Hall–Kier alpha value is -1.66. The highest BCUT2D eigenvalue weighted by molar-refractivity contribution is 7.22. The van der Waals surface area contributed by atoms with Crippen LogP contribution in [0.3, 0.4) is 0 Å². The van der Waals surface area contributed by atoms with E-state index in [2.05, 4.69) is 17.2 Å². The van der Waals surface area contributed by atoms with Crippen molar-refractivity contribution in [1.29, 1.82) is 0 Å². The second-order valence-corrected chi connectivity index (χ2v) is 7.83. The topological polar surface area (TPSA) is 47.0 Å². The van der Waals surface area contributed by atoms with Crippen LogP contribution in [0.5, 0.6) is 5.75 Å². The number of benzene rings is 1. The zero-order chi connectivity index (χ0) is 15.1. The highest BCUT2D eigenvalue weighted by atomic mass is 32.1. The van der Waals surface area contributed by atoms with Crippen LogP contribution in [0.25, 0.3) is 10.2 Å². The molecule has 0 fully saturated rings. The first kappa shape index (κ1) is 14.0. The van der Waals surface area contributed by atoms with E-state index < -0.39 is 0 Å². The number of ether oxygens (including phenoxy) is 1. The SMILES string of the molecule is COc1ccc2nc(Nc3nc4c(s3)C[C@H](C)CC4)sc2c1. The first-order valence-corrected chi connectivity index (χ1v) is 9.05. The third-order valence-electron chi connectivity index (χ3n) is 4.00. The molecule has 22 heavy (non-hydrogen) atoms. The molecule has 0 saturated carbocycles. The van der Waals surface area contributed by atoms with E-state index in [1.165, 1.54) is 17.0 Å². The Morgan fingerprint density at radius 3 is 2.95 bits per heavy atom. The minimum absolute atomic E-state index is 0.774. The third-order valence-corrected chi connectivity index (χ3v) is 5.96. The van der Waals surface area contributed by atoms with Crippen LogP contribution in [0, 0.1) is 5.92 Å². The molecule has 3 aromatic rings. The Bertz CT molecular complexity index is 824. The molecule has 6 heteroatoms. The van der Waals surface area contributed by atoms with Crippen molar-refractivity contribution < 1.29 is 4.74 Å². The molecule has 0 saturated heterocycles. The first-order chi connectivity index (χ1) is 10.7. The number of nitrogens with zero attached hydrogens (tertiary/aromatic N) is 2. The number of fused-ring (bicyclic) bond motifs is 2. The van der Waals surface area contributed by atoms with E-state index in [9.17, 15) is 0 Å². The van der Waals surface area contributed by atoms with Crippen molar-refractivity contribution >= 4 is 43.2 Å². The van der Waals surface area contributed by atoms with Gasteiger partial charge in [0.25, 0.3) is 0 Å². The normalized spacial score (nSPS) is 17.5. The van der Waals surface area contributed by atoms with E-state index in [1.54, 1.807) is 29.8 Å². The van der Waals surface area contributed by atoms with Gasteiger partial charge in [0.1, 0.15) is 5.75 Å². The molecule has 1 aliphatic carbocycles. The van der Waals surface area contributed by atoms with Gasteiger partial charge in [0.05, 0.1) is 23.0 Å². The molecular weight excluding hydrogens is 314 g/mol. The van der Waals surface area contributed by atoms with Crippen molar-refractivity contribution in [2.75, 3.05) is 12.4 Å². The number of nitrogens with one attached hydrogen (secondary N) is 1. The van der Waals surface area contributed by atoms with E-state index in [4.69, 9.17) is 9.72 Å². The molecule has 0 radical (unpaired) electrons. The summed E-state index contributed by atoms with van der Waals surface area (Å²) in [5.41, 5.74) is 2.26. The lowest BCUT2D eigenvalue weighted by Crippen LogP contribution is -2.09. The summed E-state index contributed by atoms with van der Waals surface area (Å²) < 4.78 is 6.39. The maximum absolute atomic E-state index is 5.26. The van der Waals surface area contributed by atoms with Crippen molar-refractivity contribution in [3.8, 4) is 5.75 Å². The molecule has 0 bridgehead atoms. The molecule has 0 spiro atoms. The van der Waals surface area contributed by atoms with Gasteiger partial charge in [-0.2, -0.15) is 0 Å². The zero-order valence-electron chi connectivity index (χ0n) is 12.5. The Kier molecular flexibility index (Phi) is 3.50. The molecule has 2 heterocycles. The Morgan fingerprint density at radius 2 is 2.09 bits per heavy atom. The lowest BCUT2D eigenvalue weighted by atomic mass is 9.93. The molecule has 114 valence electrons. The van der Waals surface area contributed by atoms with Crippen molar-refractivity contribution in [2.45, 2.75) is 26.2 Å². The number of anilines is 2. The van der Waals surface area contributed by atoms with Crippen molar-refractivity contribution in [3.63, 3.8) is 0 Å². The summed E-state index contributed by atoms with van der Waals surface area (Å²) in [5.74, 6) is 1.64. The summed E-state index contributed by atoms with van der Waals surface area (Å²) in [5, 5.41) is 5.23. The molecule has 0 aliphatic heterocycles. The lowest BCUT2D eigenvalue weighted by molar-refractivity contribution is 0.415. The number of aromatic nitrogens is 2. The van der Waals surface area contributed by atoms with Gasteiger partial charge in [-0.15, -0.1) is 11.3 Å². The number of rotatable bonds is 3. The van der Waals surface area contributed by atoms with Crippen molar-refractivity contribution in [1.82, 2.24) is 9.97 Å². The maximum atomic E-state index is 5.26. The smallest absolute Gasteiger partial charge is 0.190 e. The number of aryl methyl sites for hydroxylation is 1. The molecular formula is C16H17N3OS2. The zero-order valence-corrected chi connectivity index (χ0v) is 14.2. The van der Waals surface area contributed by atoms with E-state index in [1.807, 2.05) is 18.2 Å². The van der Waals surface area contributed by atoms with Gasteiger partial charge in [0, 0.05) is 4.88 Å². The number of thiazole rings is 2. The van der Waals surface area contributed by atoms with Gasteiger partial charge < -0.3 is 10.1 Å². The molecule has 2 aromatic heterocycles. The molecule has 0 unspecified atom stereocenters. The molecule has 1 atom stereocenters. The average molecular weight is 331 g/mol. The van der Waals surface area contributed by atoms with Crippen LogP contribution in [0.1, 0.15) is 23.9 Å². The van der Waals surface area contributed by atoms with Crippen LogP contribution in [0.15, 0.2) is 18.2 Å². The van der Waals surface area contributed by atoms with Crippen LogP contribution in [-0.4, -0.2) is 17.1 Å². The monoisotopic (exact) mass is 331 g/mol. The van der Waals surface area contributed by atoms with Gasteiger partial charge in [-0.1, -0.05) is 18.3 Å². The fraction of sp³-hybridized carbons (Fsp3) is 0.375. The minimum Gasteiger partial charge on any atom is -0.497 e. The summed E-state index contributed by atoms with van der Waals surface area (Å²) in [6, 6.07) is 5.95. The molecule has 4 nitrogen and oxygen atoms in total. The summed E-state index contributed by atoms with van der Waals surface area (Å²) in [6.07, 6.45) is 3.51. The average Bonchev–Trinajstić information content (AvgIpc) is 3.08. The molecule has 1 N–H and O–H groups in total. The molecule has 1 aromatic carbocycles. The van der Waals surface area contributed by atoms with E-state index in [-0.39, 0.29) is 0 Å². The summed E-state index contributed by atoms with van der Waals surface area (Å²) in [4.78, 5) is 10.8. The van der Waals surface area contributed by atoms with Crippen molar-refractivity contribution in [3.05, 3.63) is 28.8 Å². The highest BCUT2D eigenvalue weighted by Gasteiger charge is 2.20. The number of hydrogen-bond acceptors (Lipinski definition) is 6. The first-order valence-electron chi connectivity index (χ1n) is 7.41. The molecule has 0 amide bonds. The minimum atomic E-state index is 0.774.